The zero-order chi connectivity index (χ0) is 23.0. The van der Waals surface area contributed by atoms with Gasteiger partial charge in [-0.25, -0.2) is 9.67 Å². The lowest BCUT2D eigenvalue weighted by Gasteiger charge is -2.37. The molecule has 0 amide bonds. The molecule has 3 aromatic rings. The first-order valence-electron chi connectivity index (χ1n) is 10.6. The number of fused-ring (bicyclic) bond motifs is 1. The molecule has 174 valence electrons. The molecular formula is C20H26F3N7O2. The molecule has 0 spiro atoms. The second-order valence-corrected chi connectivity index (χ2v) is 8.03. The molecule has 32 heavy (non-hydrogen) atoms. The molecule has 0 saturated heterocycles. The highest BCUT2D eigenvalue weighted by atomic mass is 19.4. The van der Waals surface area contributed by atoms with Gasteiger partial charge in [0.1, 0.15) is 18.2 Å². The van der Waals surface area contributed by atoms with Crippen molar-refractivity contribution in [2.45, 2.75) is 65.1 Å². The van der Waals surface area contributed by atoms with Gasteiger partial charge in [0.15, 0.2) is 5.75 Å². The Morgan fingerprint density at radius 3 is 2.66 bits per heavy atom. The number of ether oxygens (including phenoxy) is 2. The van der Waals surface area contributed by atoms with Crippen LogP contribution in [0.4, 0.5) is 19.1 Å². The van der Waals surface area contributed by atoms with Crippen molar-refractivity contribution in [1.29, 1.82) is 0 Å². The fourth-order valence-corrected chi connectivity index (χ4v) is 3.65. The number of rotatable bonds is 8. The lowest BCUT2D eigenvalue weighted by Crippen LogP contribution is -2.46. The Morgan fingerprint density at radius 2 is 2.03 bits per heavy atom. The van der Waals surface area contributed by atoms with E-state index in [0.717, 1.165) is 0 Å². The number of alkyl halides is 3. The molecule has 1 N–H and O–H groups in total. The topological polar surface area (TPSA) is 91.4 Å². The number of anilines is 1. The van der Waals surface area contributed by atoms with E-state index >= 15 is 0 Å². The minimum absolute atomic E-state index is 0.103. The molecule has 3 atom stereocenters. The van der Waals surface area contributed by atoms with E-state index in [0.29, 0.717) is 35.7 Å². The normalized spacial score (nSPS) is 19.9. The van der Waals surface area contributed by atoms with Crippen molar-refractivity contribution in [3.05, 3.63) is 18.7 Å². The van der Waals surface area contributed by atoms with E-state index in [-0.39, 0.29) is 24.7 Å². The maximum absolute atomic E-state index is 13.1. The van der Waals surface area contributed by atoms with Crippen LogP contribution in [0.15, 0.2) is 18.7 Å². The molecule has 0 aliphatic heterocycles. The van der Waals surface area contributed by atoms with Gasteiger partial charge in [0.05, 0.1) is 18.2 Å². The molecule has 1 aliphatic carbocycles. The smallest absolute Gasteiger partial charge is 0.393 e. The van der Waals surface area contributed by atoms with Crippen molar-refractivity contribution in [2.24, 2.45) is 5.92 Å². The van der Waals surface area contributed by atoms with Gasteiger partial charge in [-0.3, -0.25) is 0 Å². The molecule has 0 aromatic carbocycles. The molecule has 9 nitrogen and oxygen atoms in total. The average Bonchev–Trinajstić information content (AvgIpc) is 3.31. The summed E-state index contributed by atoms with van der Waals surface area (Å²) >= 11 is 0. The van der Waals surface area contributed by atoms with Crippen molar-refractivity contribution in [3.63, 3.8) is 0 Å². The summed E-state index contributed by atoms with van der Waals surface area (Å²) in [4.78, 5) is 8.88. The zero-order valence-electron chi connectivity index (χ0n) is 18.3. The van der Waals surface area contributed by atoms with Gasteiger partial charge in [-0.05, 0) is 40.5 Å². The third-order valence-corrected chi connectivity index (χ3v) is 5.36. The van der Waals surface area contributed by atoms with Crippen LogP contribution < -0.4 is 10.1 Å². The number of aromatic nitrogens is 6. The van der Waals surface area contributed by atoms with Crippen LogP contribution in [-0.2, 0) is 4.74 Å². The molecule has 1 aliphatic rings. The van der Waals surface area contributed by atoms with E-state index in [2.05, 4.69) is 25.5 Å². The molecule has 3 aromatic heterocycles. The summed E-state index contributed by atoms with van der Waals surface area (Å²) in [5, 5.41) is 11.4. The fourth-order valence-electron chi connectivity index (χ4n) is 3.65. The highest BCUT2D eigenvalue weighted by Gasteiger charge is 2.50. The highest BCUT2D eigenvalue weighted by molar-refractivity contribution is 5.74. The van der Waals surface area contributed by atoms with Crippen LogP contribution in [0.5, 0.6) is 5.75 Å². The molecule has 1 fully saturated rings. The van der Waals surface area contributed by atoms with Crippen LogP contribution in [0.25, 0.3) is 16.9 Å². The summed E-state index contributed by atoms with van der Waals surface area (Å²) in [6, 6.07) is -0.743. The van der Waals surface area contributed by atoms with E-state index in [9.17, 15) is 13.2 Å². The lowest BCUT2D eigenvalue weighted by atomic mass is 9.79. The molecule has 3 heterocycles. The Morgan fingerprint density at radius 1 is 1.25 bits per heavy atom. The number of hydrogen-bond acceptors (Lipinski definition) is 7. The van der Waals surface area contributed by atoms with Crippen LogP contribution in [0.3, 0.4) is 0 Å². The summed E-state index contributed by atoms with van der Waals surface area (Å²) in [5.74, 6) is -0.905. The van der Waals surface area contributed by atoms with Gasteiger partial charge in [0, 0.05) is 24.4 Å². The van der Waals surface area contributed by atoms with Gasteiger partial charge < -0.3 is 14.8 Å². The van der Waals surface area contributed by atoms with Gasteiger partial charge in [0.2, 0.25) is 11.6 Å². The Labute approximate surface area is 182 Å². The average molecular weight is 453 g/mol. The van der Waals surface area contributed by atoms with Crippen molar-refractivity contribution >= 4 is 11.6 Å². The van der Waals surface area contributed by atoms with E-state index in [1.165, 1.54) is 10.8 Å². The van der Waals surface area contributed by atoms with E-state index in [1.807, 2.05) is 27.7 Å². The van der Waals surface area contributed by atoms with E-state index in [4.69, 9.17) is 9.47 Å². The van der Waals surface area contributed by atoms with Gasteiger partial charge in [0.25, 0.3) is 0 Å². The standard InChI is InChI=1S/C20H26F3N7O2/c1-5-31-12(4)29-9-13(8-25-29)16-17(32-11(2)3)18-27-19(28-30(18)10-24-16)26-15-7-6-14(15)20(21,22)23/h8-12,14-15H,5-7H2,1-4H3,(H,26,28)/t12?,14-,15-/m1/s1. The SMILES string of the molecule is CCOC(C)n1cc(-c2ncn3nc(N[C@@H]4CC[C@H]4C(F)(F)F)nc3c2OC(C)C)cn1. The van der Waals surface area contributed by atoms with Crippen molar-refractivity contribution in [2.75, 3.05) is 11.9 Å². The van der Waals surface area contributed by atoms with Crippen LogP contribution in [0, 0.1) is 5.92 Å². The monoisotopic (exact) mass is 453 g/mol. The van der Waals surface area contributed by atoms with Crippen LogP contribution >= 0.6 is 0 Å². The molecular weight excluding hydrogens is 427 g/mol. The third kappa shape index (κ3) is 4.36. The Hall–Kier alpha value is -2.89. The summed E-state index contributed by atoms with van der Waals surface area (Å²) in [5.41, 5.74) is 1.57. The van der Waals surface area contributed by atoms with Gasteiger partial charge >= 0.3 is 6.18 Å². The minimum atomic E-state index is -4.24. The Kier molecular flexibility index (Phi) is 5.97. The van der Waals surface area contributed by atoms with E-state index in [1.54, 1.807) is 17.1 Å². The summed E-state index contributed by atoms with van der Waals surface area (Å²) in [7, 11) is 0. The number of halogens is 3. The minimum Gasteiger partial charge on any atom is -0.485 e. The first kappa shape index (κ1) is 22.3. The second kappa shape index (κ2) is 8.57. The van der Waals surface area contributed by atoms with Crippen molar-refractivity contribution in [1.82, 2.24) is 29.4 Å². The maximum Gasteiger partial charge on any atom is 0.393 e. The lowest BCUT2D eigenvalue weighted by molar-refractivity contribution is -0.197. The first-order valence-corrected chi connectivity index (χ1v) is 10.6. The van der Waals surface area contributed by atoms with Crippen LogP contribution in [0.1, 0.15) is 46.8 Å². The van der Waals surface area contributed by atoms with E-state index < -0.39 is 18.1 Å². The van der Waals surface area contributed by atoms with Crippen LogP contribution in [0.2, 0.25) is 0 Å². The second-order valence-electron chi connectivity index (χ2n) is 8.03. The largest absolute Gasteiger partial charge is 0.485 e. The Balaban J connectivity index is 1.67. The predicted molar refractivity (Wildman–Crippen MR) is 110 cm³/mol. The molecule has 4 rings (SSSR count). The third-order valence-electron chi connectivity index (χ3n) is 5.36. The van der Waals surface area contributed by atoms with Crippen molar-refractivity contribution < 1.29 is 22.6 Å². The number of nitrogens with one attached hydrogen (secondary N) is 1. The van der Waals surface area contributed by atoms with Crippen molar-refractivity contribution in [3.8, 4) is 17.0 Å². The predicted octanol–water partition coefficient (Wildman–Crippen LogP) is 4.08. The molecule has 12 heteroatoms. The van der Waals surface area contributed by atoms with Gasteiger partial charge in [-0.1, -0.05) is 0 Å². The molecule has 1 unspecified atom stereocenters. The Bertz CT molecular complexity index is 1080. The molecule has 0 bridgehead atoms. The maximum atomic E-state index is 13.1. The number of nitrogens with zero attached hydrogens (tertiary/aromatic N) is 6. The van der Waals surface area contributed by atoms with Gasteiger partial charge in [-0.2, -0.15) is 27.8 Å². The number of hydrogen-bond donors (Lipinski definition) is 1. The summed E-state index contributed by atoms with van der Waals surface area (Å²) in [6.45, 7) is 8.07. The highest BCUT2D eigenvalue weighted by Crippen LogP contribution is 2.42. The fraction of sp³-hybridized carbons (Fsp3) is 0.600. The quantitative estimate of drug-likeness (QED) is 0.549. The summed E-state index contributed by atoms with van der Waals surface area (Å²) in [6.07, 6.45) is 0.745. The first-order chi connectivity index (χ1) is 15.2. The molecule has 0 radical (unpaired) electrons. The summed E-state index contributed by atoms with van der Waals surface area (Å²) < 4.78 is 53.9. The zero-order valence-corrected chi connectivity index (χ0v) is 18.3. The van der Waals surface area contributed by atoms with Gasteiger partial charge in [-0.15, -0.1) is 5.10 Å². The molecule has 1 saturated carbocycles. The van der Waals surface area contributed by atoms with Crippen LogP contribution in [-0.4, -0.2) is 54.3 Å².